The van der Waals surface area contributed by atoms with Gasteiger partial charge in [0.15, 0.2) is 0 Å². The molecule has 0 radical (unpaired) electrons. The van der Waals surface area contributed by atoms with Crippen LogP contribution in [0.2, 0.25) is 0 Å². The molecule has 0 saturated heterocycles. The molecule has 3 rings (SSSR count). The van der Waals surface area contributed by atoms with Crippen LogP contribution < -0.4 is 4.74 Å². The summed E-state index contributed by atoms with van der Waals surface area (Å²) in [6, 6.07) is 24.7. The van der Waals surface area contributed by atoms with E-state index >= 15 is 0 Å². The summed E-state index contributed by atoms with van der Waals surface area (Å²) in [4.78, 5) is 0. The van der Waals surface area contributed by atoms with Gasteiger partial charge in [0.2, 0.25) is 0 Å². The van der Waals surface area contributed by atoms with E-state index in [-0.39, 0.29) is 0 Å². The Bertz CT molecular complexity index is 639. The van der Waals surface area contributed by atoms with Crippen molar-refractivity contribution < 1.29 is 4.74 Å². The van der Waals surface area contributed by atoms with Crippen molar-refractivity contribution in [2.24, 2.45) is 0 Å². The van der Waals surface area contributed by atoms with Gasteiger partial charge in [0, 0.05) is 5.39 Å². The minimum absolute atomic E-state index is 0.606. The average Bonchev–Trinajstić information content (AvgIpc) is 2.46. The van der Waals surface area contributed by atoms with Gasteiger partial charge in [-0.2, -0.15) is 0 Å². The number of benzene rings is 3. The van der Waals surface area contributed by atoms with Crippen molar-refractivity contribution in [1.82, 2.24) is 0 Å². The maximum atomic E-state index is 5.91. The van der Waals surface area contributed by atoms with Crippen molar-refractivity contribution in [2.45, 2.75) is 6.61 Å². The Morgan fingerprint density at radius 3 is 2.28 bits per heavy atom. The third-order valence-electron chi connectivity index (χ3n) is 2.99. The van der Waals surface area contributed by atoms with Crippen molar-refractivity contribution >= 4 is 10.8 Å². The predicted octanol–water partition coefficient (Wildman–Crippen LogP) is 4.42. The van der Waals surface area contributed by atoms with Gasteiger partial charge in [0.05, 0.1) is 0 Å². The second-order valence-corrected chi connectivity index (χ2v) is 4.25. The molecular weight excluding hydrogens is 220 g/mol. The minimum atomic E-state index is 0.606. The Hall–Kier alpha value is -2.28. The standard InChI is InChI=1S/C17H14O/c1-2-7-14(8-3-1)13-18-17-12-6-10-15-9-4-5-11-16(15)17/h1-12H,13H2. The molecule has 3 aromatic carbocycles. The quantitative estimate of drug-likeness (QED) is 0.652. The second kappa shape index (κ2) is 4.92. The van der Waals surface area contributed by atoms with Gasteiger partial charge < -0.3 is 4.74 Å². The lowest BCUT2D eigenvalue weighted by Crippen LogP contribution is -1.95. The van der Waals surface area contributed by atoms with Crippen molar-refractivity contribution in [3.05, 3.63) is 78.4 Å². The smallest absolute Gasteiger partial charge is 0.127 e. The number of fused-ring (bicyclic) bond motifs is 1. The van der Waals surface area contributed by atoms with Crippen LogP contribution in [0.5, 0.6) is 5.75 Å². The summed E-state index contributed by atoms with van der Waals surface area (Å²) in [6.45, 7) is 0.606. The fraction of sp³-hybridized carbons (Fsp3) is 0.0588. The number of hydrogen-bond acceptors (Lipinski definition) is 1. The summed E-state index contributed by atoms with van der Waals surface area (Å²) in [6.07, 6.45) is 0. The Balaban J connectivity index is 1.87. The van der Waals surface area contributed by atoms with Crippen LogP contribution in [0, 0.1) is 0 Å². The fourth-order valence-electron chi connectivity index (χ4n) is 2.06. The Labute approximate surface area is 107 Å². The zero-order valence-electron chi connectivity index (χ0n) is 10.0. The first-order valence-corrected chi connectivity index (χ1v) is 6.08. The molecule has 0 aliphatic rings. The summed E-state index contributed by atoms with van der Waals surface area (Å²) in [5, 5.41) is 2.37. The second-order valence-electron chi connectivity index (χ2n) is 4.25. The zero-order chi connectivity index (χ0) is 12.2. The van der Waals surface area contributed by atoms with Gasteiger partial charge in [-0.1, -0.05) is 66.7 Å². The van der Waals surface area contributed by atoms with Crippen LogP contribution in [-0.2, 0) is 6.61 Å². The molecule has 0 fully saturated rings. The van der Waals surface area contributed by atoms with Crippen LogP contribution in [0.3, 0.4) is 0 Å². The van der Waals surface area contributed by atoms with Crippen LogP contribution in [0.15, 0.2) is 72.8 Å². The van der Waals surface area contributed by atoms with E-state index in [1.165, 1.54) is 10.9 Å². The van der Waals surface area contributed by atoms with E-state index in [0.29, 0.717) is 6.61 Å². The van der Waals surface area contributed by atoms with Crippen molar-refractivity contribution in [3.8, 4) is 5.75 Å². The number of rotatable bonds is 3. The first-order chi connectivity index (χ1) is 8.93. The molecule has 1 heteroatoms. The molecule has 0 amide bonds. The normalized spacial score (nSPS) is 10.4. The van der Waals surface area contributed by atoms with Gasteiger partial charge in [-0.15, -0.1) is 0 Å². The molecule has 3 aromatic rings. The molecule has 0 N–H and O–H groups in total. The van der Waals surface area contributed by atoms with Gasteiger partial charge >= 0.3 is 0 Å². The first-order valence-electron chi connectivity index (χ1n) is 6.08. The monoisotopic (exact) mass is 234 g/mol. The highest BCUT2D eigenvalue weighted by Gasteiger charge is 2.01. The lowest BCUT2D eigenvalue weighted by atomic mass is 10.1. The molecule has 0 aliphatic carbocycles. The molecule has 0 spiro atoms. The molecule has 88 valence electrons. The summed E-state index contributed by atoms with van der Waals surface area (Å²) < 4.78 is 5.91. The molecule has 0 aliphatic heterocycles. The van der Waals surface area contributed by atoms with Gasteiger partial charge in [-0.25, -0.2) is 0 Å². The third kappa shape index (κ3) is 2.21. The molecule has 1 nitrogen and oxygen atoms in total. The summed E-state index contributed by atoms with van der Waals surface area (Å²) in [5.41, 5.74) is 1.19. The van der Waals surface area contributed by atoms with E-state index < -0.39 is 0 Å². The largest absolute Gasteiger partial charge is 0.488 e. The highest BCUT2D eigenvalue weighted by atomic mass is 16.5. The highest BCUT2D eigenvalue weighted by Crippen LogP contribution is 2.25. The van der Waals surface area contributed by atoms with E-state index in [1.807, 2.05) is 42.5 Å². The molecule has 0 bridgehead atoms. The van der Waals surface area contributed by atoms with Crippen molar-refractivity contribution in [2.75, 3.05) is 0 Å². The maximum Gasteiger partial charge on any atom is 0.127 e. The van der Waals surface area contributed by atoms with Crippen molar-refractivity contribution in [1.29, 1.82) is 0 Å². The van der Waals surface area contributed by atoms with E-state index in [2.05, 4.69) is 30.3 Å². The molecule has 0 saturated carbocycles. The van der Waals surface area contributed by atoms with Gasteiger partial charge in [-0.05, 0) is 17.0 Å². The van der Waals surface area contributed by atoms with Crippen molar-refractivity contribution in [3.63, 3.8) is 0 Å². The molecule has 18 heavy (non-hydrogen) atoms. The Kier molecular flexibility index (Phi) is 2.97. The highest BCUT2D eigenvalue weighted by molar-refractivity contribution is 5.88. The topological polar surface area (TPSA) is 9.23 Å². The molecule has 0 atom stereocenters. The van der Waals surface area contributed by atoms with Gasteiger partial charge in [0.1, 0.15) is 12.4 Å². The molecule has 0 heterocycles. The van der Waals surface area contributed by atoms with E-state index in [4.69, 9.17) is 4.74 Å². The zero-order valence-corrected chi connectivity index (χ0v) is 10.0. The molecule has 0 aromatic heterocycles. The van der Waals surface area contributed by atoms with E-state index in [1.54, 1.807) is 0 Å². The van der Waals surface area contributed by atoms with Crippen LogP contribution in [-0.4, -0.2) is 0 Å². The lowest BCUT2D eigenvalue weighted by molar-refractivity contribution is 0.310. The van der Waals surface area contributed by atoms with Crippen LogP contribution in [0.25, 0.3) is 10.8 Å². The summed E-state index contributed by atoms with van der Waals surface area (Å²) in [5.74, 6) is 0.942. The number of ether oxygens (including phenoxy) is 1. The fourth-order valence-corrected chi connectivity index (χ4v) is 2.06. The summed E-state index contributed by atoms with van der Waals surface area (Å²) >= 11 is 0. The predicted molar refractivity (Wildman–Crippen MR) is 74.7 cm³/mol. The maximum absolute atomic E-state index is 5.91. The van der Waals surface area contributed by atoms with Crippen LogP contribution in [0.4, 0.5) is 0 Å². The molecule has 0 unspecified atom stereocenters. The van der Waals surface area contributed by atoms with Gasteiger partial charge in [-0.3, -0.25) is 0 Å². The van der Waals surface area contributed by atoms with E-state index in [9.17, 15) is 0 Å². The Morgan fingerprint density at radius 1 is 0.667 bits per heavy atom. The van der Waals surface area contributed by atoms with Gasteiger partial charge in [0.25, 0.3) is 0 Å². The van der Waals surface area contributed by atoms with Crippen LogP contribution in [0.1, 0.15) is 5.56 Å². The lowest BCUT2D eigenvalue weighted by Gasteiger charge is -2.09. The SMILES string of the molecule is c1ccc(COc2cccc3ccccc23)cc1. The average molecular weight is 234 g/mol. The minimum Gasteiger partial charge on any atom is -0.488 e. The Morgan fingerprint density at radius 2 is 1.39 bits per heavy atom. The van der Waals surface area contributed by atoms with E-state index in [0.717, 1.165) is 11.1 Å². The molecular formula is C17H14O. The summed E-state index contributed by atoms with van der Waals surface area (Å²) in [7, 11) is 0. The first kappa shape index (κ1) is 10.8. The third-order valence-corrected chi connectivity index (χ3v) is 2.99. The number of hydrogen-bond donors (Lipinski definition) is 0. The van der Waals surface area contributed by atoms with Crippen LogP contribution >= 0.6 is 0 Å².